The minimum atomic E-state index is -0.354. The van der Waals surface area contributed by atoms with Crippen LogP contribution in [0.3, 0.4) is 0 Å². The summed E-state index contributed by atoms with van der Waals surface area (Å²) in [4.78, 5) is 20.2. The highest BCUT2D eigenvalue weighted by Crippen LogP contribution is 2.25. The molecule has 2 heterocycles. The van der Waals surface area contributed by atoms with Gasteiger partial charge in [-0.25, -0.2) is 0 Å². The van der Waals surface area contributed by atoms with E-state index in [1.807, 2.05) is 0 Å². The lowest BCUT2D eigenvalue weighted by Gasteiger charge is -2.06. The van der Waals surface area contributed by atoms with Crippen LogP contribution in [0.4, 0.5) is 0 Å². The highest BCUT2D eigenvalue weighted by atomic mass is 35.5. The number of aromatic nitrogens is 3. The molecule has 0 aliphatic carbocycles. The van der Waals surface area contributed by atoms with Crippen LogP contribution in [-0.4, -0.2) is 19.5 Å². The average Bonchev–Trinajstić information content (AvgIpc) is 2.41. The first-order chi connectivity index (χ1) is 9.16. The van der Waals surface area contributed by atoms with Gasteiger partial charge in [-0.3, -0.25) is 14.2 Å². The van der Waals surface area contributed by atoms with Crippen molar-refractivity contribution in [3.8, 4) is 17.0 Å². The number of nitrogens with zero attached hydrogens (tertiary/aromatic N) is 3. The number of halogens is 1. The lowest BCUT2D eigenvalue weighted by Crippen LogP contribution is -2.17. The number of hydrogen-bond acceptors (Lipinski definition) is 4. The molecule has 19 heavy (non-hydrogen) atoms. The summed E-state index contributed by atoms with van der Waals surface area (Å²) in [5, 5.41) is 10.5. The predicted octanol–water partition coefficient (Wildman–Crippen LogP) is 2.12. The van der Waals surface area contributed by atoms with Gasteiger partial charge in [0.2, 0.25) is 5.88 Å². The van der Waals surface area contributed by atoms with E-state index in [1.165, 1.54) is 23.0 Å². The molecule has 6 heteroatoms. The van der Waals surface area contributed by atoms with Gasteiger partial charge in [-0.2, -0.15) is 4.98 Å². The van der Waals surface area contributed by atoms with Gasteiger partial charge in [0.05, 0.1) is 6.20 Å². The second kappa shape index (κ2) is 4.37. The second-order valence-corrected chi connectivity index (χ2v) is 4.36. The van der Waals surface area contributed by atoms with Gasteiger partial charge in [0.25, 0.3) is 5.56 Å². The van der Waals surface area contributed by atoms with Crippen LogP contribution in [0.1, 0.15) is 0 Å². The van der Waals surface area contributed by atoms with E-state index < -0.39 is 0 Å². The molecule has 0 bridgehead atoms. The first-order valence-electron chi connectivity index (χ1n) is 5.48. The van der Waals surface area contributed by atoms with Crippen molar-refractivity contribution in [1.82, 2.24) is 14.4 Å². The van der Waals surface area contributed by atoms with Crippen LogP contribution in [-0.2, 0) is 0 Å². The summed E-state index contributed by atoms with van der Waals surface area (Å²) in [6, 6.07) is 6.62. The van der Waals surface area contributed by atoms with Crippen LogP contribution in [0.15, 0.2) is 47.7 Å². The van der Waals surface area contributed by atoms with E-state index in [4.69, 9.17) is 11.6 Å². The number of aromatic hydroxyl groups is 1. The Balaban J connectivity index is 2.35. The SMILES string of the molecule is O=c1c(-c2ccc(Cl)cc2)c(O)nc2cnccn12. The second-order valence-electron chi connectivity index (χ2n) is 3.93. The molecule has 0 radical (unpaired) electrons. The molecule has 0 aliphatic rings. The molecule has 0 saturated carbocycles. The molecule has 5 nitrogen and oxygen atoms in total. The monoisotopic (exact) mass is 273 g/mol. The Morgan fingerprint density at radius 1 is 1.21 bits per heavy atom. The Kier molecular flexibility index (Phi) is 2.68. The van der Waals surface area contributed by atoms with Crippen molar-refractivity contribution in [1.29, 1.82) is 0 Å². The van der Waals surface area contributed by atoms with Gasteiger partial charge in [-0.05, 0) is 17.7 Å². The molecule has 0 fully saturated rings. The molecule has 0 amide bonds. The average molecular weight is 274 g/mol. The number of hydrogen-bond donors (Lipinski definition) is 1. The first kappa shape index (κ1) is 11.7. The van der Waals surface area contributed by atoms with E-state index in [1.54, 1.807) is 24.3 Å². The molecule has 0 atom stereocenters. The van der Waals surface area contributed by atoms with Crippen molar-refractivity contribution in [2.75, 3.05) is 0 Å². The van der Waals surface area contributed by atoms with E-state index in [-0.39, 0.29) is 17.0 Å². The van der Waals surface area contributed by atoms with Crippen LogP contribution in [0.25, 0.3) is 16.8 Å². The predicted molar refractivity (Wildman–Crippen MR) is 71.4 cm³/mol. The van der Waals surface area contributed by atoms with Crippen molar-refractivity contribution in [2.45, 2.75) is 0 Å². The quantitative estimate of drug-likeness (QED) is 0.737. The Bertz CT molecular complexity index is 812. The van der Waals surface area contributed by atoms with E-state index in [0.717, 1.165) is 0 Å². The van der Waals surface area contributed by atoms with Crippen molar-refractivity contribution < 1.29 is 5.11 Å². The third kappa shape index (κ3) is 1.94. The summed E-state index contributed by atoms with van der Waals surface area (Å²) < 4.78 is 1.33. The maximum Gasteiger partial charge on any atom is 0.269 e. The molecule has 0 aliphatic heterocycles. The summed E-state index contributed by atoms with van der Waals surface area (Å²) in [6.07, 6.45) is 4.40. The highest BCUT2D eigenvalue weighted by molar-refractivity contribution is 6.30. The molecule has 2 aromatic heterocycles. The van der Waals surface area contributed by atoms with Gasteiger partial charge in [-0.15, -0.1) is 0 Å². The van der Waals surface area contributed by atoms with Gasteiger partial charge in [-0.1, -0.05) is 23.7 Å². The molecular formula is C13H8ClN3O2. The van der Waals surface area contributed by atoms with Crippen molar-refractivity contribution in [3.63, 3.8) is 0 Å². The minimum Gasteiger partial charge on any atom is -0.493 e. The molecule has 0 saturated heterocycles. The lowest BCUT2D eigenvalue weighted by atomic mass is 10.1. The smallest absolute Gasteiger partial charge is 0.269 e. The molecule has 94 valence electrons. The summed E-state index contributed by atoms with van der Waals surface area (Å²) in [7, 11) is 0. The number of rotatable bonds is 1. The normalized spacial score (nSPS) is 10.8. The third-order valence-corrected chi connectivity index (χ3v) is 3.00. The van der Waals surface area contributed by atoms with Gasteiger partial charge in [0.1, 0.15) is 5.56 Å². The Labute approximate surface area is 112 Å². The van der Waals surface area contributed by atoms with Crippen LogP contribution in [0, 0.1) is 0 Å². The first-order valence-corrected chi connectivity index (χ1v) is 5.86. The summed E-state index contributed by atoms with van der Waals surface area (Å²) >= 11 is 5.80. The fourth-order valence-electron chi connectivity index (χ4n) is 1.86. The lowest BCUT2D eigenvalue weighted by molar-refractivity contribution is 0.455. The van der Waals surface area contributed by atoms with Crippen molar-refractivity contribution in [2.24, 2.45) is 0 Å². The van der Waals surface area contributed by atoms with E-state index in [2.05, 4.69) is 9.97 Å². The van der Waals surface area contributed by atoms with E-state index in [0.29, 0.717) is 16.2 Å². The molecule has 1 aromatic carbocycles. The fourth-order valence-corrected chi connectivity index (χ4v) is 1.98. The molecule has 3 aromatic rings. The largest absolute Gasteiger partial charge is 0.493 e. The topological polar surface area (TPSA) is 67.5 Å². The zero-order valence-electron chi connectivity index (χ0n) is 9.62. The summed E-state index contributed by atoms with van der Waals surface area (Å²) in [5.74, 6) is -0.319. The minimum absolute atomic E-state index is 0.139. The number of benzene rings is 1. The van der Waals surface area contributed by atoms with Gasteiger partial charge in [0.15, 0.2) is 5.65 Å². The Morgan fingerprint density at radius 3 is 2.68 bits per heavy atom. The van der Waals surface area contributed by atoms with Crippen molar-refractivity contribution >= 4 is 17.2 Å². The van der Waals surface area contributed by atoms with Crippen LogP contribution in [0.5, 0.6) is 5.88 Å². The van der Waals surface area contributed by atoms with Crippen LogP contribution in [0.2, 0.25) is 5.02 Å². The zero-order chi connectivity index (χ0) is 13.4. The Hall–Kier alpha value is -2.40. The third-order valence-electron chi connectivity index (χ3n) is 2.75. The molecule has 0 unspecified atom stereocenters. The number of fused-ring (bicyclic) bond motifs is 1. The fraction of sp³-hybridized carbons (Fsp3) is 0. The highest BCUT2D eigenvalue weighted by Gasteiger charge is 2.13. The Morgan fingerprint density at radius 2 is 1.95 bits per heavy atom. The molecule has 1 N–H and O–H groups in total. The molecule has 3 rings (SSSR count). The maximum absolute atomic E-state index is 12.3. The summed E-state index contributed by atoms with van der Waals surface area (Å²) in [5.41, 5.74) is 0.640. The van der Waals surface area contributed by atoms with Crippen LogP contribution >= 0.6 is 11.6 Å². The standard InChI is InChI=1S/C13H8ClN3O2/c14-9-3-1-8(2-4-9)11-12(18)16-10-7-15-5-6-17(10)13(11)19/h1-7,18H. The van der Waals surface area contributed by atoms with Crippen molar-refractivity contribution in [3.05, 3.63) is 58.2 Å². The van der Waals surface area contributed by atoms with Crippen LogP contribution < -0.4 is 5.56 Å². The van der Waals surface area contributed by atoms with E-state index in [9.17, 15) is 9.90 Å². The van der Waals surface area contributed by atoms with Gasteiger partial charge in [0, 0.05) is 17.4 Å². The maximum atomic E-state index is 12.3. The summed E-state index contributed by atoms with van der Waals surface area (Å²) in [6.45, 7) is 0. The zero-order valence-corrected chi connectivity index (χ0v) is 10.4. The molecular weight excluding hydrogens is 266 g/mol. The van der Waals surface area contributed by atoms with Gasteiger partial charge < -0.3 is 5.11 Å². The van der Waals surface area contributed by atoms with Gasteiger partial charge >= 0.3 is 0 Å². The van der Waals surface area contributed by atoms with E-state index >= 15 is 0 Å². The molecule has 0 spiro atoms.